The molecule has 178 valence electrons. The lowest BCUT2D eigenvalue weighted by Crippen LogP contribution is -2.38. The van der Waals surface area contributed by atoms with E-state index in [1.807, 2.05) is 26.0 Å². The van der Waals surface area contributed by atoms with Crippen molar-refractivity contribution in [1.82, 2.24) is 18.0 Å². The van der Waals surface area contributed by atoms with Gasteiger partial charge < -0.3 is 9.72 Å². The van der Waals surface area contributed by atoms with E-state index in [2.05, 4.69) is 13.7 Å². The second-order valence-electron chi connectivity index (χ2n) is 8.87. The molecule has 34 heavy (non-hydrogen) atoms. The van der Waals surface area contributed by atoms with E-state index in [1.165, 1.54) is 4.31 Å². The molecule has 4 aromatic rings. The molecule has 8 nitrogen and oxygen atoms in total. The minimum Gasteiger partial charge on any atom is -0.377 e. The molecule has 1 fully saturated rings. The molecule has 5 rings (SSSR count). The quantitative estimate of drug-likeness (QED) is 0.433. The van der Waals surface area contributed by atoms with Crippen molar-refractivity contribution in [1.29, 1.82) is 0 Å². The molecule has 0 amide bonds. The van der Waals surface area contributed by atoms with Crippen molar-refractivity contribution < 1.29 is 13.2 Å². The lowest BCUT2D eigenvalue weighted by atomic mass is 10.0. The van der Waals surface area contributed by atoms with E-state index in [0.29, 0.717) is 28.8 Å². The average molecular weight is 499 g/mol. The summed E-state index contributed by atoms with van der Waals surface area (Å²) in [5.41, 5.74) is 4.45. The standard InChI is InChI=1S/C24H26N4O4S2/c1-14-6-8-17-11-18(24(29)25-21(17)16(14)3)12-28(13-19-5-4-10-32-19)34(30,31)23-15(2)7-9-20-22(23)27-33-26-20/h6-9,11,19H,4-5,10,12-13H2,1-3H3,(H,25,29). The molecule has 0 aliphatic carbocycles. The van der Waals surface area contributed by atoms with Crippen molar-refractivity contribution in [2.75, 3.05) is 13.2 Å². The van der Waals surface area contributed by atoms with Gasteiger partial charge in [-0.2, -0.15) is 13.1 Å². The Balaban J connectivity index is 1.61. The summed E-state index contributed by atoms with van der Waals surface area (Å²) in [4.78, 5) is 16.1. The minimum atomic E-state index is -3.99. The highest BCUT2D eigenvalue weighted by Crippen LogP contribution is 2.30. The first kappa shape index (κ1) is 23.1. The predicted molar refractivity (Wildman–Crippen MR) is 133 cm³/mol. The Hall–Kier alpha value is -2.66. The highest BCUT2D eigenvalue weighted by atomic mass is 32.2. The van der Waals surface area contributed by atoms with Crippen molar-refractivity contribution in [3.05, 3.63) is 62.9 Å². The summed E-state index contributed by atoms with van der Waals surface area (Å²) in [6.07, 6.45) is 1.45. The third-order valence-electron chi connectivity index (χ3n) is 6.58. The van der Waals surface area contributed by atoms with Crippen LogP contribution in [0.4, 0.5) is 0 Å². The number of benzene rings is 2. The SMILES string of the molecule is Cc1ccc2nsnc2c1S(=O)(=O)N(Cc1cc2ccc(C)c(C)c2[nH]c1=O)CC1CCCO1. The summed E-state index contributed by atoms with van der Waals surface area (Å²) in [7, 11) is -3.99. The maximum atomic E-state index is 14.0. The Morgan fingerprint density at radius 3 is 2.71 bits per heavy atom. The molecule has 2 aromatic heterocycles. The highest BCUT2D eigenvalue weighted by molar-refractivity contribution is 7.89. The lowest BCUT2D eigenvalue weighted by molar-refractivity contribution is 0.0925. The topological polar surface area (TPSA) is 105 Å². The number of ether oxygens (including phenoxy) is 1. The zero-order valence-electron chi connectivity index (χ0n) is 19.3. The molecule has 1 N–H and O–H groups in total. The summed E-state index contributed by atoms with van der Waals surface area (Å²) in [6, 6.07) is 9.25. The van der Waals surface area contributed by atoms with Gasteiger partial charge in [0.25, 0.3) is 5.56 Å². The van der Waals surface area contributed by atoms with Gasteiger partial charge in [-0.25, -0.2) is 8.42 Å². The number of hydrogen-bond donors (Lipinski definition) is 1. The normalized spacial score (nSPS) is 16.8. The molecule has 1 atom stereocenters. The van der Waals surface area contributed by atoms with Crippen LogP contribution in [0.25, 0.3) is 21.9 Å². The van der Waals surface area contributed by atoms with Gasteiger partial charge in [0.2, 0.25) is 10.0 Å². The predicted octanol–water partition coefficient (Wildman–Crippen LogP) is 3.83. The first-order valence-electron chi connectivity index (χ1n) is 11.2. The van der Waals surface area contributed by atoms with Gasteiger partial charge in [0.05, 0.1) is 23.3 Å². The Morgan fingerprint density at radius 2 is 1.94 bits per heavy atom. The zero-order valence-corrected chi connectivity index (χ0v) is 20.9. The number of pyridine rings is 1. The van der Waals surface area contributed by atoms with Crippen molar-refractivity contribution in [3.63, 3.8) is 0 Å². The van der Waals surface area contributed by atoms with E-state index in [-0.39, 0.29) is 29.6 Å². The minimum absolute atomic E-state index is 0.0617. The molecule has 0 spiro atoms. The summed E-state index contributed by atoms with van der Waals surface area (Å²) in [5.74, 6) is 0. The van der Waals surface area contributed by atoms with E-state index in [0.717, 1.165) is 46.6 Å². The number of aromatic amines is 1. The van der Waals surface area contributed by atoms with Crippen LogP contribution in [0.2, 0.25) is 0 Å². The van der Waals surface area contributed by atoms with Crippen LogP contribution in [0.15, 0.2) is 40.0 Å². The molecule has 3 heterocycles. The lowest BCUT2D eigenvalue weighted by Gasteiger charge is -2.25. The summed E-state index contributed by atoms with van der Waals surface area (Å²) in [6.45, 7) is 6.43. The van der Waals surface area contributed by atoms with Gasteiger partial charge in [0.1, 0.15) is 15.9 Å². The number of aryl methyl sites for hydroxylation is 3. The number of aromatic nitrogens is 3. The summed E-state index contributed by atoms with van der Waals surface area (Å²) < 4.78 is 43.7. The number of rotatable bonds is 6. The summed E-state index contributed by atoms with van der Waals surface area (Å²) in [5, 5.41) is 0.870. The summed E-state index contributed by atoms with van der Waals surface area (Å²) >= 11 is 0.984. The van der Waals surface area contributed by atoms with Gasteiger partial charge in [0, 0.05) is 25.3 Å². The van der Waals surface area contributed by atoms with Crippen molar-refractivity contribution in [3.8, 4) is 0 Å². The number of hydrogen-bond acceptors (Lipinski definition) is 7. The zero-order chi connectivity index (χ0) is 24.0. The van der Waals surface area contributed by atoms with Crippen molar-refractivity contribution in [2.24, 2.45) is 0 Å². The Labute approximate surface area is 202 Å². The number of nitrogens with one attached hydrogen (secondary N) is 1. The monoisotopic (exact) mass is 498 g/mol. The second kappa shape index (κ2) is 8.84. The van der Waals surface area contributed by atoms with Gasteiger partial charge in [0.15, 0.2) is 0 Å². The molecule has 0 saturated carbocycles. The first-order valence-corrected chi connectivity index (χ1v) is 13.4. The van der Waals surface area contributed by atoms with E-state index >= 15 is 0 Å². The van der Waals surface area contributed by atoms with Crippen molar-refractivity contribution >= 4 is 43.7 Å². The number of nitrogens with zero attached hydrogens (tertiary/aromatic N) is 3. The Kier molecular flexibility index (Phi) is 6.01. The van der Waals surface area contributed by atoms with Gasteiger partial charge in [-0.3, -0.25) is 4.79 Å². The molecular weight excluding hydrogens is 472 g/mol. The van der Waals surface area contributed by atoms with Gasteiger partial charge in [-0.15, -0.1) is 0 Å². The Bertz CT molecular complexity index is 1550. The average Bonchev–Trinajstić information content (AvgIpc) is 3.48. The number of H-pyrrole nitrogens is 1. The molecular formula is C24H26N4O4S2. The molecule has 0 bridgehead atoms. The molecule has 1 aliphatic rings. The fourth-order valence-corrected chi connectivity index (χ4v) is 6.92. The molecule has 10 heteroatoms. The highest BCUT2D eigenvalue weighted by Gasteiger charge is 2.33. The van der Waals surface area contributed by atoms with Gasteiger partial charge >= 0.3 is 0 Å². The van der Waals surface area contributed by atoms with Crippen LogP contribution < -0.4 is 5.56 Å². The van der Waals surface area contributed by atoms with Crippen LogP contribution in [0.3, 0.4) is 0 Å². The maximum absolute atomic E-state index is 14.0. The third kappa shape index (κ3) is 4.04. The first-order chi connectivity index (χ1) is 16.3. The van der Waals surface area contributed by atoms with Crippen LogP contribution in [0.5, 0.6) is 0 Å². The van der Waals surface area contributed by atoms with Gasteiger partial charge in [-0.05, 0) is 67.8 Å². The number of sulfonamides is 1. The molecule has 1 unspecified atom stereocenters. The smallest absolute Gasteiger partial charge is 0.252 e. The van der Waals surface area contributed by atoms with Crippen molar-refractivity contribution in [2.45, 2.75) is 51.2 Å². The molecule has 0 radical (unpaired) electrons. The van der Waals surface area contributed by atoms with Crippen LogP contribution >= 0.6 is 11.7 Å². The maximum Gasteiger partial charge on any atom is 0.252 e. The van der Waals surface area contributed by atoms with Crippen LogP contribution in [0, 0.1) is 20.8 Å². The molecule has 1 aliphatic heterocycles. The van der Waals surface area contributed by atoms with E-state index < -0.39 is 10.0 Å². The fraction of sp³-hybridized carbons (Fsp3) is 0.375. The van der Waals surface area contributed by atoms with Crippen LogP contribution in [-0.4, -0.2) is 45.7 Å². The second-order valence-corrected chi connectivity index (χ2v) is 11.3. The fourth-order valence-electron chi connectivity index (χ4n) is 4.52. The van der Waals surface area contributed by atoms with E-state index in [4.69, 9.17) is 4.74 Å². The van der Waals surface area contributed by atoms with E-state index in [1.54, 1.807) is 25.1 Å². The third-order valence-corrected chi connectivity index (χ3v) is 9.11. The largest absolute Gasteiger partial charge is 0.377 e. The Morgan fingerprint density at radius 1 is 1.15 bits per heavy atom. The van der Waals surface area contributed by atoms with Crippen LogP contribution in [0.1, 0.15) is 35.1 Å². The number of fused-ring (bicyclic) bond motifs is 2. The van der Waals surface area contributed by atoms with Gasteiger partial charge in [-0.1, -0.05) is 18.2 Å². The van der Waals surface area contributed by atoms with E-state index in [9.17, 15) is 13.2 Å². The van der Waals surface area contributed by atoms with Crippen LogP contribution in [-0.2, 0) is 21.3 Å². The molecule has 2 aromatic carbocycles. The molecule has 1 saturated heterocycles.